The molecule has 30 heavy (non-hydrogen) atoms. The summed E-state index contributed by atoms with van der Waals surface area (Å²) in [6, 6.07) is 7.97. The first-order chi connectivity index (χ1) is 14.7. The van der Waals surface area contributed by atoms with Gasteiger partial charge in [-0.2, -0.15) is 10.2 Å². The van der Waals surface area contributed by atoms with Crippen LogP contribution in [0.1, 0.15) is 30.0 Å². The van der Waals surface area contributed by atoms with Crippen molar-refractivity contribution in [2.45, 2.75) is 25.7 Å². The molecular weight excluding hydrogens is 378 g/mol. The topological polar surface area (TPSA) is 90.6 Å². The van der Waals surface area contributed by atoms with Crippen molar-refractivity contribution in [3.63, 3.8) is 0 Å². The summed E-state index contributed by atoms with van der Waals surface area (Å²) in [5, 5.41) is 16.1. The Morgan fingerprint density at radius 2 is 1.93 bits per heavy atom. The van der Waals surface area contributed by atoms with Gasteiger partial charge in [0.1, 0.15) is 5.82 Å². The zero-order valence-electron chi connectivity index (χ0n) is 17.0. The van der Waals surface area contributed by atoms with Gasteiger partial charge in [-0.15, -0.1) is 5.10 Å². The Hall–Kier alpha value is -3.39. The molecule has 152 valence electrons. The average Bonchev–Trinajstić information content (AvgIpc) is 3.12. The first kappa shape index (κ1) is 18.6. The molecule has 8 nitrogen and oxygen atoms in total. The van der Waals surface area contributed by atoms with Crippen molar-refractivity contribution in [2.75, 3.05) is 18.5 Å². The van der Waals surface area contributed by atoms with Gasteiger partial charge in [0.05, 0.1) is 22.9 Å². The molecule has 0 atom stereocenters. The first-order valence-corrected chi connectivity index (χ1v) is 10.1. The van der Waals surface area contributed by atoms with Crippen LogP contribution in [0.4, 0.5) is 11.6 Å². The molecule has 1 N–H and O–H groups in total. The van der Waals surface area contributed by atoms with E-state index < -0.39 is 0 Å². The quantitative estimate of drug-likeness (QED) is 0.557. The molecule has 1 aliphatic rings. The van der Waals surface area contributed by atoms with Gasteiger partial charge in [0, 0.05) is 43.8 Å². The van der Waals surface area contributed by atoms with Crippen molar-refractivity contribution in [1.29, 1.82) is 0 Å². The van der Waals surface area contributed by atoms with Crippen LogP contribution in [0.5, 0.6) is 0 Å². The van der Waals surface area contributed by atoms with Gasteiger partial charge in [-0.25, -0.2) is 4.98 Å². The molecule has 1 saturated heterocycles. The van der Waals surface area contributed by atoms with Crippen molar-refractivity contribution < 1.29 is 4.74 Å². The predicted molar refractivity (Wildman–Crippen MR) is 115 cm³/mol. The van der Waals surface area contributed by atoms with E-state index in [4.69, 9.17) is 9.72 Å². The monoisotopic (exact) mass is 401 g/mol. The molecule has 4 aromatic heterocycles. The summed E-state index contributed by atoms with van der Waals surface area (Å²) in [5.41, 5.74) is 5.86. The molecule has 0 spiro atoms. The van der Waals surface area contributed by atoms with E-state index in [2.05, 4.69) is 31.7 Å². The number of fused-ring (bicyclic) bond motifs is 1. The SMILES string of the molecule is Cc1nn(C)cc1-c1cnc2ccc(Nc3cc(C4CCOCC4)cnn3)nc2c1. The number of pyridine rings is 2. The summed E-state index contributed by atoms with van der Waals surface area (Å²) < 4.78 is 7.28. The van der Waals surface area contributed by atoms with Gasteiger partial charge in [0.2, 0.25) is 0 Å². The molecule has 0 aliphatic carbocycles. The molecule has 0 amide bonds. The van der Waals surface area contributed by atoms with E-state index in [9.17, 15) is 0 Å². The van der Waals surface area contributed by atoms with Gasteiger partial charge < -0.3 is 10.1 Å². The Balaban J connectivity index is 1.43. The number of rotatable bonds is 4. The van der Waals surface area contributed by atoms with Crippen molar-refractivity contribution >= 4 is 22.7 Å². The molecule has 5 heterocycles. The first-order valence-electron chi connectivity index (χ1n) is 10.1. The number of ether oxygens (including phenoxy) is 1. The fourth-order valence-corrected chi connectivity index (χ4v) is 3.93. The molecule has 1 fully saturated rings. The standard InChI is InChI=1S/C22H23N7O/c1-14-18(13-29(2)28-14)17-9-20-19(23-11-17)3-4-21(25-20)26-22-10-16(12-24-27-22)15-5-7-30-8-6-15/h3-4,9-13,15H,5-8H2,1-2H3,(H,25,26,27). The van der Waals surface area contributed by atoms with Gasteiger partial charge in [-0.3, -0.25) is 9.67 Å². The van der Waals surface area contributed by atoms with E-state index in [1.54, 1.807) is 0 Å². The number of aromatic nitrogens is 6. The molecule has 0 unspecified atom stereocenters. The number of anilines is 2. The van der Waals surface area contributed by atoms with Crippen LogP contribution in [0.15, 0.2) is 42.9 Å². The van der Waals surface area contributed by atoms with Crippen molar-refractivity contribution in [2.24, 2.45) is 7.05 Å². The van der Waals surface area contributed by atoms with Crippen LogP contribution in [0, 0.1) is 6.92 Å². The van der Waals surface area contributed by atoms with Gasteiger partial charge in [-0.05, 0) is 55.5 Å². The van der Waals surface area contributed by atoms with E-state index in [1.165, 1.54) is 5.56 Å². The Morgan fingerprint density at radius 3 is 2.73 bits per heavy atom. The zero-order chi connectivity index (χ0) is 20.5. The van der Waals surface area contributed by atoms with E-state index in [0.29, 0.717) is 17.6 Å². The lowest BCUT2D eigenvalue weighted by atomic mass is 9.93. The second kappa shape index (κ2) is 7.79. The third-order valence-electron chi connectivity index (χ3n) is 5.49. The van der Waals surface area contributed by atoms with Crippen LogP contribution in [0.3, 0.4) is 0 Å². The maximum Gasteiger partial charge on any atom is 0.154 e. The maximum absolute atomic E-state index is 5.47. The van der Waals surface area contributed by atoms with E-state index in [-0.39, 0.29) is 0 Å². The van der Waals surface area contributed by atoms with Crippen LogP contribution >= 0.6 is 0 Å². The lowest BCUT2D eigenvalue weighted by molar-refractivity contribution is 0.0852. The number of nitrogens with one attached hydrogen (secondary N) is 1. The molecule has 0 bridgehead atoms. The maximum atomic E-state index is 5.47. The second-order valence-electron chi connectivity index (χ2n) is 7.65. The Labute approximate surface area is 174 Å². The second-order valence-corrected chi connectivity index (χ2v) is 7.65. The van der Waals surface area contributed by atoms with Crippen LogP contribution in [0.2, 0.25) is 0 Å². The van der Waals surface area contributed by atoms with E-state index >= 15 is 0 Å². The molecule has 0 saturated carbocycles. The Bertz CT molecular complexity index is 1200. The van der Waals surface area contributed by atoms with Crippen LogP contribution in [-0.2, 0) is 11.8 Å². The third-order valence-corrected chi connectivity index (χ3v) is 5.49. The van der Waals surface area contributed by atoms with E-state index in [0.717, 1.165) is 53.9 Å². The van der Waals surface area contributed by atoms with E-state index in [1.807, 2.05) is 55.4 Å². The molecule has 0 aromatic carbocycles. The minimum absolute atomic E-state index is 0.467. The summed E-state index contributed by atoms with van der Waals surface area (Å²) in [6.07, 6.45) is 7.74. The normalized spacial score (nSPS) is 14.9. The Kier molecular flexibility index (Phi) is 4.84. The van der Waals surface area contributed by atoms with Gasteiger partial charge in [-0.1, -0.05) is 0 Å². The minimum Gasteiger partial charge on any atom is -0.381 e. The lowest BCUT2D eigenvalue weighted by Gasteiger charge is -2.22. The fraction of sp³-hybridized carbons (Fsp3) is 0.318. The Morgan fingerprint density at radius 1 is 1.07 bits per heavy atom. The van der Waals surface area contributed by atoms with Crippen molar-refractivity contribution in [3.8, 4) is 11.1 Å². The van der Waals surface area contributed by atoms with Gasteiger partial charge in [0.15, 0.2) is 5.82 Å². The fourth-order valence-electron chi connectivity index (χ4n) is 3.93. The summed E-state index contributed by atoms with van der Waals surface area (Å²) >= 11 is 0. The van der Waals surface area contributed by atoms with Crippen LogP contribution in [0.25, 0.3) is 22.2 Å². The molecular formula is C22H23N7O. The van der Waals surface area contributed by atoms with Gasteiger partial charge in [0.25, 0.3) is 0 Å². The zero-order valence-corrected chi connectivity index (χ0v) is 17.0. The number of hydrogen-bond acceptors (Lipinski definition) is 7. The van der Waals surface area contributed by atoms with Gasteiger partial charge >= 0.3 is 0 Å². The highest BCUT2D eigenvalue weighted by atomic mass is 16.5. The minimum atomic E-state index is 0.467. The number of hydrogen-bond donors (Lipinski definition) is 1. The molecule has 5 rings (SSSR count). The van der Waals surface area contributed by atoms with Crippen LogP contribution < -0.4 is 5.32 Å². The summed E-state index contributed by atoms with van der Waals surface area (Å²) in [7, 11) is 1.92. The summed E-state index contributed by atoms with van der Waals surface area (Å²) in [4.78, 5) is 9.31. The van der Waals surface area contributed by atoms with Crippen LogP contribution in [-0.4, -0.2) is 43.2 Å². The van der Waals surface area contributed by atoms with Crippen molar-refractivity contribution in [3.05, 3.63) is 54.1 Å². The van der Waals surface area contributed by atoms with Crippen molar-refractivity contribution in [1.82, 2.24) is 29.9 Å². The highest BCUT2D eigenvalue weighted by Crippen LogP contribution is 2.28. The molecule has 4 aromatic rings. The smallest absolute Gasteiger partial charge is 0.154 e. The largest absolute Gasteiger partial charge is 0.381 e. The molecule has 0 radical (unpaired) electrons. The summed E-state index contributed by atoms with van der Waals surface area (Å²) in [5.74, 6) is 1.87. The molecule has 8 heteroatoms. The highest BCUT2D eigenvalue weighted by molar-refractivity contribution is 5.82. The number of aryl methyl sites for hydroxylation is 2. The molecule has 1 aliphatic heterocycles. The average molecular weight is 401 g/mol. The third kappa shape index (κ3) is 3.73. The number of nitrogens with zero attached hydrogens (tertiary/aromatic N) is 6. The highest BCUT2D eigenvalue weighted by Gasteiger charge is 2.17. The lowest BCUT2D eigenvalue weighted by Crippen LogP contribution is -2.14. The summed E-state index contributed by atoms with van der Waals surface area (Å²) in [6.45, 7) is 3.59. The predicted octanol–water partition coefficient (Wildman–Crippen LogP) is 3.77.